The summed E-state index contributed by atoms with van der Waals surface area (Å²) in [6.45, 7) is 3.78. The van der Waals surface area contributed by atoms with Gasteiger partial charge in [0.25, 0.3) is 5.91 Å². The number of hydrogen-bond donors (Lipinski definition) is 2. The van der Waals surface area contributed by atoms with Crippen molar-refractivity contribution in [2.45, 2.75) is 13.8 Å². The van der Waals surface area contributed by atoms with Crippen LogP contribution in [0.1, 0.15) is 28.4 Å². The number of amides is 1. The molecule has 0 fully saturated rings. The number of benzene rings is 2. The Bertz CT molecular complexity index is 645. The van der Waals surface area contributed by atoms with E-state index in [0.29, 0.717) is 11.3 Å². The molecule has 0 spiro atoms. The first-order valence-corrected chi connectivity index (χ1v) is 6.33. The van der Waals surface area contributed by atoms with Gasteiger partial charge < -0.3 is 5.73 Å². The van der Waals surface area contributed by atoms with E-state index in [9.17, 15) is 4.79 Å². The highest BCUT2D eigenvalue weighted by Gasteiger charge is 2.04. The normalized spacial score (nSPS) is 11.2. The van der Waals surface area contributed by atoms with Crippen molar-refractivity contribution in [2.24, 2.45) is 5.10 Å². The molecule has 0 atom stereocenters. The predicted octanol–water partition coefficient (Wildman–Crippen LogP) is 2.73. The van der Waals surface area contributed by atoms with Gasteiger partial charge in [0.2, 0.25) is 0 Å². The number of hydrogen-bond acceptors (Lipinski definition) is 3. The van der Waals surface area contributed by atoms with Crippen molar-refractivity contribution in [3.8, 4) is 0 Å². The monoisotopic (exact) mass is 267 g/mol. The highest BCUT2D eigenvalue weighted by Crippen LogP contribution is 2.07. The third-order valence-corrected chi connectivity index (χ3v) is 2.93. The highest BCUT2D eigenvalue weighted by molar-refractivity contribution is 6.01. The van der Waals surface area contributed by atoms with Crippen LogP contribution in [-0.2, 0) is 0 Å². The second-order valence-electron chi connectivity index (χ2n) is 4.63. The molecule has 0 unspecified atom stereocenters. The van der Waals surface area contributed by atoms with Crippen molar-refractivity contribution in [1.82, 2.24) is 5.43 Å². The lowest BCUT2D eigenvalue weighted by molar-refractivity contribution is 0.0954. The van der Waals surface area contributed by atoms with E-state index in [2.05, 4.69) is 10.5 Å². The first-order valence-electron chi connectivity index (χ1n) is 6.33. The maximum Gasteiger partial charge on any atom is 0.271 e. The maximum atomic E-state index is 11.9. The molecular weight excluding hydrogens is 250 g/mol. The van der Waals surface area contributed by atoms with Crippen LogP contribution in [0.15, 0.2) is 53.6 Å². The van der Waals surface area contributed by atoms with Gasteiger partial charge in [0.15, 0.2) is 0 Å². The van der Waals surface area contributed by atoms with Crippen LogP contribution in [-0.4, -0.2) is 11.6 Å². The smallest absolute Gasteiger partial charge is 0.271 e. The number of carbonyl (C=O) groups is 1. The van der Waals surface area contributed by atoms with Crippen LogP contribution in [0, 0.1) is 6.92 Å². The fourth-order valence-corrected chi connectivity index (χ4v) is 1.77. The van der Waals surface area contributed by atoms with Crippen molar-refractivity contribution in [3.05, 3.63) is 65.2 Å². The largest absolute Gasteiger partial charge is 0.399 e. The number of rotatable bonds is 3. The topological polar surface area (TPSA) is 67.5 Å². The van der Waals surface area contributed by atoms with Crippen molar-refractivity contribution >= 4 is 17.3 Å². The molecule has 1 amide bonds. The molecule has 0 saturated carbocycles. The molecule has 2 aromatic carbocycles. The van der Waals surface area contributed by atoms with Crippen molar-refractivity contribution in [2.75, 3.05) is 5.73 Å². The Labute approximate surface area is 118 Å². The van der Waals surface area contributed by atoms with Gasteiger partial charge in [0, 0.05) is 11.3 Å². The number of anilines is 1. The number of hydrazone groups is 1. The second kappa shape index (κ2) is 6.02. The van der Waals surface area contributed by atoms with E-state index in [-0.39, 0.29) is 5.91 Å². The molecule has 0 bridgehead atoms. The summed E-state index contributed by atoms with van der Waals surface area (Å²) in [5, 5.41) is 4.11. The Hall–Kier alpha value is -2.62. The summed E-state index contributed by atoms with van der Waals surface area (Å²) >= 11 is 0. The summed E-state index contributed by atoms with van der Waals surface area (Å²) in [7, 11) is 0. The van der Waals surface area contributed by atoms with Gasteiger partial charge in [-0.1, -0.05) is 29.8 Å². The maximum absolute atomic E-state index is 11.9. The van der Waals surface area contributed by atoms with Gasteiger partial charge in [-0.15, -0.1) is 0 Å². The summed E-state index contributed by atoms with van der Waals surface area (Å²) in [4.78, 5) is 11.9. The molecule has 4 heteroatoms. The lowest BCUT2D eigenvalue weighted by Gasteiger charge is -2.04. The number of nitrogens with one attached hydrogen (secondary N) is 1. The molecule has 2 rings (SSSR count). The van der Waals surface area contributed by atoms with Crippen LogP contribution in [0.3, 0.4) is 0 Å². The van der Waals surface area contributed by atoms with Crippen LogP contribution in [0.5, 0.6) is 0 Å². The summed E-state index contributed by atoms with van der Waals surface area (Å²) in [6, 6.07) is 14.7. The van der Waals surface area contributed by atoms with Gasteiger partial charge in [-0.05, 0) is 43.7 Å². The summed E-state index contributed by atoms with van der Waals surface area (Å²) < 4.78 is 0. The molecule has 0 radical (unpaired) electrons. The minimum Gasteiger partial charge on any atom is -0.399 e. The SMILES string of the molecule is CC(=NNC(=O)c1cccc(C)c1)c1ccc(N)cc1. The van der Waals surface area contributed by atoms with E-state index in [0.717, 1.165) is 16.8 Å². The minimum atomic E-state index is -0.219. The van der Waals surface area contributed by atoms with Crippen LogP contribution in [0.25, 0.3) is 0 Å². The number of aryl methyl sites for hydroxylation is 1. The van der Waals surface area contributed by atoms with E-state index in [1.807, 2.05) is 44.2 Å². The molecule has 0 aliphatic heterocycles. The Morgan fingerprint density at radius 1 is 1.10 bits per heavy atom. The molecule has 0 saturated heterocycles. The fraction of sp³-hybridized carbons (Fsp3) is 0.125. The quantitative estimate of drug-likeness (QED) is 0.510. The third-order valence-electron chi connectivity index (χ3n) is 2.93. The molecular formula is C16H17N3O. The van der Waals surface area contributed by atoms with E-state index in [4.69, 9.17) is 5.73 Å². The van der Waals surface area contributed by atoms with Gasteiger partial charge in [-0.2, -0.15) is 5.10 Å². The number of nitrogen functional groups attached to an aromatic ring is 1. The Morgan fingerprint density at radius 2 is 1.80 bits per heavy atom. The van der Waals surface area contributed by atoms with Crippen LogP contribution >= 0.6 is 0 Å². The second-order valence-corrected chi connectivity index (χ2v) is 4.63. The third kappa shape index (κ3) is 3.45. The van der Waals surface area contributed by atoms with Crippen LogP contribution in [0.2, 0.25) is 0 Å². The summed E-state index contributed by atoms with van der Waals surface area (Å²) in [5.74, 6) is -0.219. The van der Waals surface area contributed by atoms with Crippen molar-refractivity contribution in [3.63, 3.8) is 0 Å². The first kappa shape index (κ1) is 13.8. The summed E-state index contributed by atoms with van der Waals surface area (Å²) in [6.07, 6.45) is 0. The van der Waals surface area contributed by atoms with E-state index >= 15 is 0 Å². The van der Waals surface area contributed by atoms with Gasteiger partial charge in [0.05, 0.1) is 5.71 Å². The van der Waals surface area contributed by atoms with Crippen LogP contribution in [0.4, 0.5) is 5.69 Å². The zero-order chi connectivity index (χ0) is 14.5. The van der Waals surface area contributed by atoms with E-state index in [1.54, 1.807) is 18.2 Å². The Morgan fingerprint density at radius 3 is 2.45 bits per heavy atom. The Kier molecular flexibility index (Phi) is 4.15. The number of nitrogens with two attached hydrogens (primary N) is 1. The number of nitrogens with zero attached hydrogens (tertiary/aromatic N) is 1. The van der Waals surface area contributed by atoms with E-state index in [1.165, 1.54) is 0 Å². The minimum absolute atomic E-state index is 0.219. The first-order chi connectivity index (χ1) is 9.56. The molecule has 2 aromatic rings. The highest BCUT2D eigenvalue weighted by atomic mass is 16.2. The zero-order valence-electron chi connectivity index (χ0n) is 11.6. The summed E-state index contributed by atoms with van der Waals surface area (Å²) in [5.41, 5.74) is 12.2. The van der Waals surface area contributed by atoms with Gasteiger partial charge in [-0.3, -0.25) is 4.79 Å². The van der Waals surface area contributed by atoms with Gasteiger partial charge in [-0.25, -0.2) is 5.43 Å². The Balaban J connectivity index is 2.08. The molecule has 4 nitrogen and oxygen atoms in total. The van der Waals surface area contributed by atoms with E-state index < -0.39 is 0 Å². The molecule has 0 aliphatic rings. The van der Waals surface area contributed by atoms with Gasteiger partial charge in [0.1, 0.15) is 0 Å². The molecule has 102 valence electrons. The fourth-order valence-electron chi connectivity index (χ4n) is 1.77. The zero-order valence-corrected chi connectivity index (χ0v) is 11.6. The predicted molar refractivity (Wildman–Crippen MR) is 81.7 cm³/mol. The molecule has 3 N–H and O–H groups in total. The lowest BCUT2D eigenvalue weighted by Crippen LogP contribution is -2.19. The van der Waals surface area contributed by atoms with Gasteiger partial charge >= 0.3 is 0 Å². The van der Waals surface area contributed by atoms with Crippen LogP contribution < -0.4 is 11.2 Å². The molecule has 0 aliphatic carbocycles. The molecule has 0 heterocycles. The van der Waals surface area contributed by atoms with Crippen molar-refractivity contribution < 1.29 is 4.79 Å². The number of carbonyl (C=O) groups excluding carboxylic acids is 1. The average Bonchev–Trinajstić information content (AvgIpc) is 2.45. The molecule has 20 heavy (non-hydrogen) atoms. The average molecular weight is 267 g/mol. The molecule has 0 aromatic heterocycles. The standard InChI is InChI=1S/C16H17N3O/c1-11-4-3-5-14(10-11)16(20)19-18-12(2)13-6-8-15(17)9-7-13/h3-10H,17H2,1-2H3,(H,19,20). The van der Waals surface area contributed by atoms with Crippen molar-refractivity contribution in [1.29, 1.82) is 0 Å². The lowest BCUT2D eigenvalue weighted by atomic mass is 10.1.